The van der Waals surface area contributed by atoms with Gasteiger partial charge in [0.1, 0.15) is 12.2 Å². The molecule has 180 valence electrons. The smallest absolute Gasteiger partial charge is 0.282 e. The highest BCUT2D eigenvalue weighted by Crippen LogP contribution is 2.39. The zero-order valence-electron chi connectivity index (χ0n) is 19.0. The Balaban J connectivity index is 2.04. The van der Waals surface area contributed by atoms with E-state index in [0.717, 1.165) is 24.3 Å². The number of carbonyl (C=O) groups excluding carboxylic acids is 1. The molecule has 1 atom stereocenters. The monoisotopic (exact) mass is 512 g/mol. The normalized spacial score (nSPS) is 15.9. The van der Waals surface area contributed by atoms with E-state index in [-0.39, 0.29) is 34.4 Å². The van der Waals surface area contributed by atoms with Gasteiger partial charge in [0.05, 0.1) is 28.5 Å². The number of hydrogen-bond donors (Lipinski definition) is 0. The van der Waals surface area contributed by atoms with Gasteiger partial charge in [-0.3, -0.25) is 14.9 Å². The maximum atomic E-state index is 13.6. The van der Waals surface area contributed by atoms with E-state index in [2.05, 4.69) is 13.8 Å². The first-order valence-corrected chi connectivity index (χ1v) is 13.6. The van der Waals surface area contributed by atoms with Gasteiger partial charge in [0.25, 0.3) is 11.6 Å². The summed E-state index contributed by atoms with van der Waals surface area (Å²) in [5.74, 6) is 2.87. The lowest BCUT2D eigenvalue weighted by molar-refractivity contribution is -0.385. The summed E-state index contributed by atoms with van der Waals surface area (Å²) in [7, 11) is 1.53. The van der Waals surface area contributed by atoms with Gasteiger partial charge in [-0.2, -0.15) is 0 Å². The predicted octanol–water partition coefficient (Wildman–Crippen LogP) is 5.81. The molecule has 2 aromatic rings. The van der Waals surface area contributed by atoms with Crippen LogP contribution in [0.2, 0.25) is 0 Å². The molecule has 0 saturated carbocycles. The number of halogens is 1. The SMILES string of the molecule is CCSC(SCC)[C@@H]1CCCN1C(=O)c1cc2cc(OC)c(OCCCl)cc2cc1[N+](=O)[O-]. The number of nitro groups is 1. The van der Waals surface area contributed by atoms with Gasteiger partial charge in [-0.15, -0.1) is 35.1 Å². The Morgan fingerprint density at radius 3 is 2.48 bits per heavy atom. The maximum absolute atomic E-state index is 13.6. The van der Waals surface area contributed by atoms with Gasteiger partial charge in [0, 0.05) is 12.6 Å². The third-order valence-electron chi connectivity index (χ3n) is 5.54. The lowest BCUT2D eigenvalue weighted by Crippen LogP contribution is -2.41. The van der Waals surface area contributed by atoms with Crippen LogP contribution in [0, 0.1) is 10.1 Å². The minimum Gasteiger partial charge on any atom is -0.493 e. The Hall–Kier alpha value is -1.84. The highest BCUT2D eigenvalue weighted by molar-refractivity contribution is 8.17. The van der Waals surface area contributed by atoms with Crippen LogP contribution in [-0.4, -0.2) is 64.0 Å². The lowest BCUT2D eigenvalue weighted by Gasteiger charge is -2.31. The summed E-state index contributed by atoms with van der Waals surface area (Å²) in [5.41, 5.74) is -0.0907. The van der Waals surface area contributed by atoms with Crippen molar-refractivity contribution in [3.8, 4) is 11.5 Å². The molecule has 1 aliphatic heterocycles. The van der Waals surface area contributed by atoms with E-state index in [1.807, 2.05) is 28.4 Å². The number of rotatable bonds is 11. The van der Waals surface area contributed by atoms with E-state index < -0.39 is 4.92 Å². The van der Waals surface area contributed by atoms with E-state index >= 15 is 0 Å². The number of benzene rings is 2. The number of fused-ring (bicyclic) bond motifs is 1. The number of likely N-dealkylation sites (tertiary alicyclic amines) is 1. The fourth-order valence-electron chi connectivity index (χ4n) is 4.12. The molecular weight excluding hydrogens is 484 g/mol. The maximum Gasteiger partial charge on any atom is 0.282 e. The van der Waals surface area contributed by atoms with Gasteiger partial charge in [-0.05, 0) is 53.3 Å². The van der Waals surface area contributed by atoms with E-state index in [9.17, 15) is 14.9 Å². The molecule has 33 heavy (non-hydrogen) atoms. The summed E-state index contributed by atoms with van der Waals surface area (Å²) in [6, 6.07) is 6.53. The van der Waals surface area contributed by atoms with E-state index in [1.165, 1.54) is 13.2 Å². The summed E-state index contributed by atoms with van der Waals surface area (Å²) in [6.45, 7) is 5.12. The van der Waals surface area contributed by atoms with Crippen LogP contribution < -0.4 is 9.47 Å². The number of nitro benzene ring substituents is 1. The quantitative estimate of drug-likeness (QED) is 0.162. The minimum absolute atomic E-state index is 0.0589. The molecule has 2 aromatic carbocycles. The average Bonchev–Trinajstić information content (AvgIpc) is 3.30. The Bertz CT molecular complexity index is 1000. The molecular formula is C23H29ClN2O5S2. The Labute approximate surface area is 207 Å². The van der Waals surface area contributed by atoms with Crippen molar-refractivity contribution in [3.05, 3.63) is 39.9 Å². The van der Waals surface area contributed by atoms with E-state index in [0.29, 0.717) is 34.7 Å². The van der Waals surface area contributed by atoms with E-state index in [4.69, 9.17) is 21.1 Å². The Kier molecular flexibility index (Phi) is 9.40. The fraction of sp³-hybridized carbons (Fsp3) is 0.522. The molecule has 0 aliphatic carbocycles. The van der Waals surface area contributed by atoms with Crippen molar-refractivity contribution in [2.45, 2.75) is 37.3 Å². The van der Waals surface area contributed by atoms with Crippen molar-refractivity contribution in [3.63, 3.8) is 0 Å². The summed E-state index contributed by atoms with van der Waals surface area (Å²) in [5, 5.41) is 13.2. The number of carbonyl (C=O) groups is 1. The topological polar surface area (TPSA) is 81.9 Å². The molecule has 0 N–H and O–H groups in total. The molecule has 0 spiro atoms. The molecule has 1 aliphatic rings. The first-order valence-electron chi connectivity index (χ1n) is 11.0. The number of methoxy groups -OCH3 is 1. The van der Waals surface area contributed by atoms with Crippen LogP contribution in [-0.2, 0) is 0 Å². The molecule has 1 amide bonds. The molecule has 1 fully saturated rings. The molecule has 7 nitrogen and oxygen atoms in total. The first-order chi connectivity index (χ1) is 15.9. The lowest BCUT2D eigenvalue weighted by atomic mass is 10.0. The molecule has 1 saturated heterocycles. The number of nitrogens with zero attached hydrogens (tertiary/aromatic N) is 2. The van der Waals surface area contributed by atoms with Crippen molar-refractivity contribution in [1.82, 2.24) is 4.90 Å². The van der Waals surface area contributed by atoms with Crippen LogP contribution in [0.5, 0.6) is 11.5 Å². The van der Waals surface area contributed by atoms with Crippen LogP contribution in [0.4, 0.5) is 5.69 Å². The second-order valence-electron chi connectivity index (χ2n) is 7.50. The van der Waals surface area contributed by atoms with Crippen molar-refractivity contribution < 1.29 is 19.2 Å². The van der Waals surface area contributed by atoms with Crippen LogP contribution in [0.3, 0.4) is 0 Å². The van der Waals surface area contributed by atoms with Gasteiger partial charge in [-0.25, -0.2) is 0 Å². The molecule has 3 rings (SSSR count). The first kappa shape index (κ1) is 25.8. The minimum atomic E-state index is -0.486. The fourth-order valence-corrected chi connectivity index (χ4v) is 7.07. The molecule has 10 heteroatoms. The second-order valence-corrected chi connectivity index (χ2v) is 11.0. The van der Waals surface area contributed by atoms with Gasteiger partial charge in [-0.1, -0.05) is 13.8 Å². The van der Waals surface area contributed by atoms with Gasteiger partial charge < -0.3 is 14.4 Å². The zero-order valence-corrected chi connectivity index (χ0v) is 21.4. The predicted molar refractivity (Wildman–Crippen MR) is 137 cm³/mol. The summed E-state index contributed by atoms with van der Waals surface area (Å²) >= 11 is 9.39. The number of amides is 1. The van der Waals surface area contributed by atoms with Crippen molar-refractivity contribution in [1.29, 1.82) is 0 Å². The number of hydrogen-bond acceptors (Lipinski definition) is 7. The molecule has 0 unspecified atom stereocenters. The van der Waals surface area contributed by atoms with Crippen LogP contribution >= 0.6 is 35.1 Å². The second kappa shape index (κ2) is 12.0. The average molecular weight is 513 g/mol. The molecule has 0 aromatic heterocycles. The van der Waals surface area contributed by atoms with Gasteiger partial charge >= 0.3 is 0 Å². The van der Waals surface area contributed by atoms with Gasteiger partial charge in [0.2, 0.25) is 0 Å². The highest BCUT2D eigenvalue weighted by Gasteiger charge is 2.37. The van der Waals surface area contributed by atoms with Crippen LogP contribution in [0.15, 0.2) is 24.3 Å². The summed E-state index contributed by atoms with van der Waals surface area (Å²) in [4.78, 5) is 26.9. The largest absolute Gasteiger partial charge is 0.493 e. The van der Waals surface area contributed by atoms with Crippen molar-refractivity contribution in [2.75, 3.05) is 37.6 Å². The Morgan fingerprint density at radius 2 is 1.88 bits per heavy atom. The standard InChI is InChI=1S/C23H29ClN2O5S2/c1-4-32-23(33-5-2)18-7-6-9-25(18)22(27)17-11-15-13-20(30-3)21(31-10-8-24)14-16(15)12-19(17)26(28)29/h11-14,18,23H,4-10H2,1-3H3/t18-/m0/s1. The summed E-state index contributed by atoms with van der Waals surface area (Å²) in [6.07, 6.45) is 1.81. The van der Waals surface area contributed by atoms with Gasteiger partial charge in [0.15, 0.2) is 11.5 Å². The summed E-state index contributed by atoms with van der Waals surface area (Å²) < 4.78 is 11.3. The molecule has 1 heterocycles. The molecule has 0 radical (unpaired) electrons. The van der Waals surface area contributed by atoms with E-state index in [1.54, 1.807) is 18.2 Å². The third-order valence-corrected chi connectivity index (χ3v) is 8.46. The number of ether oxygens (including phenoxy) is 2. The van der Waals surface area contributed by atoms with Crippen LogP contribution in [0.1, 0.15) is 37.0 Å². The number of alkyl halides is 1. The highest BCUT2D eigenvalue weighted by atomic mass is 35.5. The molecule has 0 bridgehead atoms. The third kappa shape index (κ3) is 5.81. The number of thioether (sulfide) groups is 2. The zero-order chi connectivity index (χ0) is 24.0. The van der Waals surface area contributed by atoms with Crippen molar-refractivity contribution in [2.24, 2.45) is 0 Å². The van der Waals surface area contributed by atoms with Crippen LogP contribution in [0.25, 0.3) is 10.8 Å². The Morgan fingerprint density at radius 1 is 1.21 bits per heavy atom. The van der Waals surface area contributed by atoms with Crippen molar-refractivity contribution >= 4 is 57.5 Å².